The molecule has 0 spiro atoms. The van der Waals surface area contributed by atoms with Crippen molar-refractivity contribution in [2.24, 2.45) is 0 Å². The van der Waals surface area contributed by atoms with E-state index in [4.69, 9.17) is 0 Å². The molecular formula is H5MgNbSbZr. The van der Waals surface area contributed by atoms with Crippen molar-refractivity contribution in [1.29, 1.82) is 0 Å². The maximum Gasteiger partial charge on any atom is 0 e. The van der Waals surface area contributed by atoms with Gasteiger partial charge in [-0.25, -0.2) is 0 Å². The molecule has 0 aromatic rings. The molecule has 0 aromatic carbocycles. The summed E-state index contributed by atoms with van der Waals surface area (Å²) in [5.74, 6) is 0. The third kappa shape index (κ3) is 8.96. The van der Waals surface area contributed by atoms with Gasteiger partial charge >= 0.3 is 47.5 Å². The molecule has 4 heavy (non-hydrogen) atoms. The van der Waals surface area contributed by atoms with Gasteiger partial charge in [0.25, 0.3) is 0 Å². The average molecular weight is 335 g/mol. The van der Waals surface area contributed by atoms with E-state index in [0.717, 1.165) is 0 Å². The van der Waals surface area contributed by atoms with E-state index in [2.05, 4.69) is 0 Å². The SMILES string of the molecule is [MgH2].[Nb].[SbH3].[Zr]. The monoisotopic (exact) mass is 333 g/mol. The summed E-state index contributed by atoms with van der Waals surface area (Å²) < 4.78 is 0. The second kappa shape index (κ2) is 16.4. The van der Waals surface area contributed by atoms with Gasteiger partial charge in [0.1, 0.15) is 0 Å². The molecule has 0 saturated heterocycles. The Labute approximate surface area is 94.1 Å². The summed E-state index contributed by atoms with van der Waals surface area (Å²) in [6, 6.07) is 0. The van der Waals surface area contributed by atoms with Crippen molar-refractivity contribution in [3.05, 3.63) is 0 Å². The second-order valence-corrected chi connectivity index (χ2v) is 0. The van der Waals surface area contributed by atoms with Gasteiger partial charge in [-0.2, -0.15) is 0 Å². The second-order valence-electron chi connectivity index (χ2n) is 0. The van der Waals surface area contributed by atoms with Crippen molar-refractivity contribution in [2.75, 3.05) is 0 Å². The van der Waals surface area contributed by atoms with Crippen molar-refractivity contribution in [3.63, 3.8) is 0 Å². The minimum absolute atomic E-state index is 0. The Morgan fingerprint density at radius 3 is 1.00 bits per heavy atom. The molecule has 1 radical (unpaired) electrons. The van der Waals surface area contributed by atoms with Crippen LogP contribution in [0.5, 0.6) is 0 Å². The van der Waals surface area contributed by atoms with E-state index in [9.17, 15) is 0 Å². The molecule has 21 valence electrons. The molecule has 0 aliphatic rings. The molecule has 0 bridgehead atoms. The average Bonchev–Trinajstić information content (AvgIpc) is 0. The third-order valence-electron chi connectivity index (χ3n) is 0. The van der Waals surface area contributed by atoms with Gasteiger partial charge in [-0.05, 0) is 0 Å². The summed E-state index contributed by atoms with van der Waals surface area (Å²) in [4.78, 5) is 0. The van der Waals surface area contributed by atoms with Crippen LogP contribution in [0, 0.1) is 0 Å². The maximum atomic E-state index is 0. The van der Waals surface area contributed by atoms with Gasteiger partial charge in [0.2, 0.25) is 0 Å². The third-order valence-corrected chi connectivity index (χ3v) is 0. The molecule has 0 aliphatic heterocycles. The summed E-state index contributed by atoms with van der Waals surface area (Å²) in [6.07, 6.45) is 0. The Balaban J connectivity index is 0. The van der Waals surface area contributed by atoms with Gasteiger partial charge in [-0.1, -0.05) is 0 Å². The molecule has 0 nitrogen and oxygen atoms in total. The quantitative estimate of drug-likeness (QED) is 0.445. The molecule has 0 unspecified atom stereocenters. The fourth-order valence-electron chi connectivity index (χ4n) is 0. The van der Waals surface area contributed by atoms with Gasteiger partial charge in [0.15, 0.2) is 0 Å². The Morgan fingerprint density at radius 1 is 1.00 bits per heavy atom. The smallest absolute Gasteiger partial charge is 0 e. The normalized spacial score (nSPS) is 0. The zero-order valence-electron chi connectivity index (χ0n) is 1.65. The van der Waals surface area contributed by atoms with E-state index in [1.54, 1.807) is 0 Å². The van der Waals surface area contributed by atoms with Crippen LogP contribution in [0.4, 0.5) is 0 Å². The molecule has 0 amide bonds. The number of rotatable bonds is 0. The maximum absolute atomic E-state index is 0. The van der Waals surface area contributed by atoms with Crippen LogP contribution in [0.3, 0.4) is 0 Å². The first-order valence-corrected chi connectivity index (χ1v) is 0. The first kappa shape index (κ1) is 27.0. The van der Waals surface area contributed by atoms with E-state index in [1.165, 1.54) is 0 Å². The van der Waals surface area contributed by atoms with Gasteiger partial charge in [0.05, 0.1) is 0 Å². The first-order chi connectivity index (χ1) is 0. The van der Waals surface area contributed by atoms with Gasteiger partial charge in [-0.15, -0.1) is 0 Å². The summed E-state index contributed by atoms with van der Waals surface area (Å²) >= 11 is 0. The van der Waals surface area contributed by atoms with Gasteiger partial charge in [-0.3, -0.25) is 0 Å². The minimum Gasteiger partial charge on any atom is 0 e. The molecule has 0 aromatic heterocycles. The van der Waals surface area contributed by atoms with E-state index in [1.807, 2.05) is 0 Å². The molecule has 0 rings (SSSR count). The zero-order chi connectivity index (χ0) is 0. The molecule has 0 atom stereocenters. The van der Waals surface area contributed by atoms with Crippen molar-refractivity contribution in [1.82, 2.24) is 0 Å². The van der Waals surface area contributed by atoms with Crippen LogP contribution in [-0.2, 0) is 48.6 Å². The Bertz CT molecular complexity index is 8.00. The predicted molar refractivity (Wildman–Crippen MR) is 18.5 cm³/mol. The number of hydrogen-bond donors (Lipinski definition) is 0. The van der Waals surface area contributed by atoms with E-state index in [0.29, 0.717) is 0 Å². The fraction of sp³-hybridized carbons (Fsp3) is 0. The van der Waals surface area contributed by atoms with Gasteiger partial charge in [0, 0.05) is 48.6 Å². The topological polar surface area (TPSA) is 0 Å². The van der Waals surface area contributed by atoms with Crippen LogP contribution >= 0.6 is 0 Å². The van der Waals surface area contributed by atoms with E-state index < -0.39 is 0 Å². The predicted octanol–water partition coefficient (Wildman–Crippen LogP) is -2.11. The standard InChI is InChI=1S/Mg.Nb.Sb.Zr.5H. The van der Waals surface area contributed by atoms with Crippen molar-refractivity contribution < 1.29 is 48.6 Å². The molecule has 4 heteroatoms. The van der Waals surface area contributed by atoms with Crippen LogP contribution in [-0.4, -0.2) is 47.5 Å². The van der Waals surface area contributed by atoms with Crippen molar-refractivity contribution >= 4 is 47.5 Å². The molecule has 0 N–H and O–H groups in total. The first-order valence-electron chi connectivity index (χ1n) is 0. The summed E-state index contributed by atoms with van der Waals surface area (Å²) in [5, 5.41) is 0. The summed E-state index contributed by atoms with van der Waals surface area (Å²) in [5.41, 5.74) is 0. The Kier molecular flexibility index (Phi) is 110. The molecule has 0 aliphatic carbocycles. The summed E-state index contributed by atoms with van der Waals surface area (Å²) in [7, 11) is 0. The van der Waals surface area contributed by atoms with Crippen molar-refractivity contribution in [3.8, 4) is 0 Å². The largest absolute Gasteiger partial charge is 0 e. The number of hydrogen-bond acceptors (Lipinski definition) is 0. The van der Waals surface area contributed by atoms with E-state index in [-0.39, 0.29) is 96.1 Å². The minimum atomic E-state index is 0. The van der Waals surface area contributed by atoms with Crippen LogP contribution in [0.1, 0.15) is 0 Å². The summed E-state index contributed by atoms with van der Waals surface area (Å²) in [6.45, 7) is 0. The van der Waals surface area contributed by atoms with Crippen LogP contribution in [0.25, 0.3) is 0 Å². The van der Waals surface area contributed by atoms with Crippen LogP contribution in [0.15, 0.2) is 0 Å². The van der Waals surface area contributed by atoms with Gasteiger partial charge < -0.3 is 0 Å². The van der Waals surface area contributed by atoms with E-state index >= 15 is 0 Å². The molecule has 0 saturated carbocycles. The Hall–Kier alpha value is 3.21. The Morgan fingerprint density at radius 2 is 1.00 bits per heavy atom. The van der Waals surface area contributed by atoms with Crippen LogP contribution < -0.4 is 0 Å². The van der Waals surface area contributed by atoms with Crippen LogP contribution in [0.2, 0.25) is 0 Å². The fourth-order valence-corrected chi connectivity index (χ4v) is 0. The van der Waals surface area contributed by atoms with Crippen molar-refractivity contribution in [2.45, 2.75) is 0 Å². The molecule has 0 heterocycles. The zero-order valence-corrected chi connectivity index (χ0v) is 10.3. The molecular weight excluding hydrogens is 330 g/mol. The molecule has 0 fully saturated rings.